The summed E-state index contributed by atoms with van der Waals surface area (Å²) in [5.41, 5.74) is 0.856. The zero-order valence-electron chi connectivity index (χ0n) is 10.9. The number of carbonyl (C=O) groups excluding carboxylic acids is 2. The van der Waals surface area contributed by atoms with Gasteiger partial charge in [-0.25, -0.2) is 0 Å². The number of hydrogen-bond donors (Lipinski definition) is 5. The van der Waals surface area contributed by atoms with Crippen molar-refractivity contribution < 1.29 is 19.5 Å². The molecule has 0 fully saturated rings. The number of hydrogen-bond acceptors (Lipinski definition) is 3. The van der Waals surface area contributed by atoms with E-state index in [0.29, 0.717) is 20.5 Å². The molecular formula is C12H10Br2N4O4. The normalized spacial score (nSPS) is 10.3. The first-order valence-electron chi connectivity index (χ1n) is 5.90. The van der Waals surface area contributed by atoms with Gasteiger partial charge in [0.25, 0.3) is 11.8 Å². The number of amides is 2. The molecule has 2 aromatic heterocycles. The standard InChI is InChI=1S/C12H10Br2N4O4/c13-6-2-8(18-10(6)14)12(22)17-5-1-7(15-3-5)11(21)16-4-9(19)20/h1-3,15,18H,4H2,(H,16,21)(H,17,22)(H,19,20). The number of H-pyrrole nitrogens is 2. The summed E-state index contributed by atoms with van der Waals surface area (Å²) in [5, 5.41) is 13.3. The highest BCUT2D eigenvalue weighted by Gasteiger charge is 2.14. The lowest BCUT2D eigenvalue weighted by Crippen LogP contribution is -2.29. The zero-order chi connectivity index (χ0) is 16.3. The number of rotatable bonds is 5. The molecule has 0 atom stereocenters. The Hall–Kier alpha value is -2.07. The molecule has 5 N–H and O–H groups in total. The van der Waals surface area contributed by atoms with Gasteiger partial charge >= 0.3 is 5.97 Å². The maximum Gasteiger partial charge on any atom is 0.322 e. The molecule has 0 saturated heterocycles. The molecule has 8 nitrogen and oxygen atoms in total. The summed E-state index contributed by atoms with van der Waals surface area (Å²) >= 11 is 6.49. The van der Waals surface area contributed by atoms with Crippen molar-refractivity contribution >= 4 is 55.3 Å². The lowest BCUT2D eigenvalue weighted by molar-refractivity contribution is -0.135. The second-order valence-electron chi connectivity index (χ2n) is 4.18. The third-order valence-electron chi connectivity index (χ3n) is 2.56. The highest BCUT2D eigenvalue weighted by molar-refractivity contribution is 9.13. The molecule has 0 radical (unpaired) electrons. The molecule has 0 aliphatic heterocycles. The Morgan fingerprint density at radius 3 is 2.45 bits per heavy atom. The van der Waals surface area contributed by atoms with E-state index in [1.165, 1.54) is 12.3 Å². The van der Waals surface area contributed by atoms with Gasteiger partial charge in [0.05, 0.1) is 14.8 Å². The summed E-state index contributed by atoms with van der Waals surface area (Å²) in [4.78, 5) is 39.5. The second-order valence-corrected chi connectivity index (χ2v) is 5.82. The smallest absolute Gasteiger partial charge is 0.322 e. The molecule has 0 bridgehead atoms. The average molecular weight is 434 g/mol. The van der Waals surface area contributed by atoms with Crippen LogP contribution in [0.5, 0.6) is 0 Å². The fourth-order valence-electron chi connectivity index (χ4n) is 1.57. The quantitative estimate of drug-likeness (QED) is 0.493. The van der Waals surface area contributed by atoms with Gasteiger partial charge in [-0.05, 0) is 44.0 Å². The second kappa shape index (κ2) is 6.79. The number of carboxylic acids is 1. The summed E-state index contributed by atoms with van der Waals surface area (Å²) in [6, 6.07) is 3.01. The van der Waals surface area contributed by atoms with E-state index in [1.807, 2.05) is 0 Å². The predicted molar refractivity (Wildman–Crippen MR) is 84.9 cm³/mol. The topological polar surface area (TPSA) is 127 Å². The molecule has 0 aromatic carbocycles. The van der Waals surface area contributed by atoms with Crippen LogP contribution >= 0.6 is 31.9 Å². The van der Waals surface area contributed by atoms with Gasteiger partial charge in [-0.15, -0.1) is 0 Å². The highest BCUT2D eigenvalue weighted by atomic mass is 79.9. The number of anilines is 1. The number of carboxylic acid groups (broad SMARTS) is 1. The fraction of sp³-hybridized carbons (Fsp3) is 0.0833. The van der Waals surface area contributed by atoms with Crippen LogP contribution in [0.1, 0.15) is 21.0 Å². The minimum absolute atomic E-state index is 0.144. The van der Waals surface area contributed by atoms with Crippen molar-refractivity contribution in [2.45, 2.75) is 0 Å². The minimum atomic E-state index is -1.14. The van der Waals surface area contributed by atoms with E-state index in [-0.39, 0.29) is 11.6 Å². The Balaban J connectivity index is 2.01. The largest absolute Gasteiger partial charge is 0.480 e. The first-order valence-corrected chi connectivity index (χ1v) is 7.49. The number of aromatic nitrogens is 2. The number of halogens is 2. The van der Waals surface area contributed by atoms with Gasteiger partial charge in [0.2, 0.25) is 0 Å². The summed E-state index contributed by atoms with van der Waals surface area (Å²) in [5.74, 6) is -2.10. The molecule has 0 unspecified atom stereocenters. The van der Waals surface area contributed by atoms with Crippen LogP contribution in [0.25, 0.3) is 0 Å². The van der Waals surface area contributed by atoms with Crippen molar-refractivity contribution in [2.75, 3.05) is 11.9 Å². The molecule has 2 amide bonds. The average Bonchev–Trinajstić information content (AvgIpc) is 3.04. The number of nitrogens with one attached hydrogen (secondary N) is 4. The molecular weight excluding hydrogens is 424 g/mol. The molecule has 10 heteroatoms. The van der Waals surface area contributed by atoms with E-state index in [9.17, 15) is 14.4 Å². The zero-order valence-corrected chi connectivity index (χ0v) is 14.0. The van der Waals surface area contributed by atoms with Gasteiger partial charge in [0.1, 0.15) is 17.9 Å². The molecule has 0 spiro atoms. The van der Waals surface area contributed by atoms with Gasteiger partial charge in [0.15, 0.2) is 0 Å². The van der Waals surface area contributed by atoms with Crippen LogP contribution in [-0.2, 0) is 4.79 Å². The van der Waals surface area contributed by atoms with Gasteiger partial charge in [0, 0.05) is 6.20 Å². The summed E-state index contributed by atoms with van der Waals surface area (Å²) < 4.78 is 1.35. The monoisotopic (exact) mass is 432 g/mol. The molecule has 2 heterocycles. The summed E-state index contributed by atoms with van der Waals surface area (Å²) in [6.07, 6.45) is 1.43. The lowest BCUT2D eigenvalue weighted by Gasteiger charge is -2.00. The Kier molecular flexibility index (Phi) is 5.03. The van der Waals surface area contributed by atoms with Crippen LogP contribution in [0, 0.1) is 0 Å². The molecule has 116 valence electrons. The Morgan fingerprint density at radius 2 is 1.86 bits per heavy atom. The van der Waals surface area contributed by atoms with E-state index < -0.39 is 18.4 Å². The van der Waals surface area contributed by atoms with E-state index in [1.54, 1.807) is 6.07 Å². The number of aliphatic carboxylic acids is 1. The van der Waals surface area contributed by atoms with Crippen molar-refractivity contribution in [2.24, 2.45) is 0 Å². The molecule has 2 rings (SSSR count). The van der Waals surface area contributed by atoms with E-state index in [2.05, 4.69) is 52.5 Å². The van der Waals surface area contributed by atoms with Crippen molar-refractivity contribution in [3.63, 3.8) is 0 Å². The van der Waals surface area contributed by atoms with Crippen LogP contribution in [0.15, 0.2) is 27.4 Å². The van der Waals surface area contributed by atoms with Crippen LogP contribution in [0.2, 0.25) is 0 Å². The summed E-state index contributed by atoms with van der Waals surface area (Å²) in [7, 11) is 0. The molecule has 2 aromatic rings. The molecule has 0 aliphatic carbocycles. The van der Waals surface area contributed by atoms with E-state index in [0.717, 1.165) is 0 Å². The lowest BCUT2D eigenvalue weighted by atomic mass is 10.3. The Morgan fingerprint density at radius 1 is 1.14 bits per heavy atom. The van der Waals surface area contributed by atoms with Crippen LogP contribution < -0.4 is 10.6 Å². The molecule has 0 aliphatic rings. The van der Waals surface area contributed by atoms with Crippen LogP contribution in [-0.4, -0.2) is 39.4 Å². The van der Waals surface area contributed by atoms with Gasteiger partial charge in [-0.3, -0.25) is 14.4 Å². The van der Waals surface area contributed by atoms with E-state index >= 15 is 0 Å². The van der Waals surface area contributed by atoms with Gasteiger partial charge < -0.3 is 25.7 Å². The van der Waals surface area contributed by atoms with Crippen LogP contribution in [0.4, 0.5) is 5.69 Å². The van der Waals surface area contributed by atoms with Crippen molar-refractivity contribution in [1.82, 2.24) is 15.3 Å². The third kappa shape index (κ3) is 3.98. The van der Waals surface area contributed by atoms with Crippen molar-refractivity contribution in [3.8, 4) is 0 Å². The Labute approximate surface area is 140 Å². The highest BCUT2D eigenvalue weighted by Crippen LogP contribution is 2.23. The number of aromatic amines is 2. The van der Waals surface area contributed by atoms with Crippen molar-refractivity contribution in [3.05, 3.63) is 38.8 Å². The van der Waals surface area contributed by atoms with Gasteiger partial charge in [-0.2, -0.15) is 0 Å². The summed E-state index contributed by atoms with van der Waals surface area (Å²) in [6.45, 7) is -0.482. The predicted octanol–water partition coefficient (Wildman–Crippen LogP) is 1.93. The van der Waals surface area contributed by atoms with Crippen LogP contribution in [0.3, 0.4) is 0 Å². The SMILES string of the molecule is O=C(O)CNC(=O)c1cc(NC(=O)c2cc(Br)c(Br)[nH]2)c[nH]1. The number of carbonyl (C=O) groups is 3. The van der Waals surface area contributed by atoms with Gasteiger partial charge in [-0.1, -0.05) is 0 Å². The van der Waals surface area contributed by atoms with E-state index in [4.69, 9.17) is 5.11 Å². The first-order chi connectivity index (χ1) is 10.4. The maximum atomic E-state index is 12.0. The minimum Gasteiger partial charge on any atom is -0.480 e. The third-order valence-corrected chi connectivity index (χ3v) is 4.34. The molecule has 22 heavy (non-hydrogen) atoms. The Bertz CT molecular complexity index is 718. The fourth-order valence-corrected chi connectivity index (χ4v) is 2.23. The first kappa shape index (κ1) is 16.3. The van der Waals surface area contributed by atoms with Crippen molar-refractivity contribution in [1.29, 1.82) is 0 Å². The molecule has 0 saturated carbocycles. The maximum absolute atomic E-state index is 12.0.